The zero-order valence-electron chi connectivity index (χ0n) is 15.4. The third kappa shape index (κ3) is 2.97. The molecule has 1 atom stereocenters. The van der Waals surface area contributed by atoms with E-state index < -0.39 is 0 Å². The maximum absolute atomic E-state index is 13.1. The average molecular weight is 375 g/mol. The minimum Gasteiger partial charge on any atom is -0.368 e. The number of piperidine rings is 1. The van der Waals surface area contributed by atoms with E-state index in [1.807, 2.05) is 4.90 Å². The van der Waals surface area contributed by atoms with Gasteiger partial charge in [0.1, 0.15) is 10.9 Å². The normalized spacial score (nSPS) is 21.6. The van der Waals surface area contributed by atoms with Crippen LogP contribution < -0.4 is 5.56 Å². The number of amides is 1. The van der Waals surface area contributed by atoms with Gasteiger partial charge in [0, 0.05) is 30.6 Å². The number of carbonyl (C=O) groups is 1. The lowest BCUT2D eigenvalue weighted by atomic mass is 10.0. The first kappa shape index (κ1) is 17.7. The molecule has 4 heterocycles. The summed E-state index contributed by atoms with van der Waals surface area (Å²) in [6.45, 7) is 6.19. The van der Waals surface area contributed by atoms with Crippen molar-refractivity contribution in [2.24, 2.45) is 0 Å². The Morgan fingerprint density at radius 1 is 1.35 bits per heavy atom. The Balaban J connectivity index is 1.53. The van der Waals surface area contributed by atoms with Gasteiger partial charge < -0.3 is 9.64 Å². The Morgan fingerprint density at radius 3 is 2.77 bits per heavy atom. The second kappa shape index (κ2) is 7.12. The highest BCUT2D eigenvalue weighted by Gasteiger charge is 2.31. The number of carbonyl (C=O) groups excluding carboxylic acids is 1. The number of nitrogens with zero attached hydrogens (tertiary/aromatic N) is 3. The molecule has 1 unspecified atom stereocenters. The molecule has 2 aromatic heterocycles. The molecule has 0 aromatic carbocycles. The topological polar surface area (TPSA) is 64.4 Å². The lowest BCUT2D eigenvalue weighted by Crippen LogP contribution is -2.45. The van der Waals surface area contributed by atoms with Crippen molar-refractivity contribution < 1.29 is 9.53 Å². The van der Waals surface area contributed by atoms with E-state index in [9.17, 15) is 9.59 Å². The van der Waals surface area contributed by atoms with E-state index in [2.05, 4.69) is 18.8 Å². The molecule has 2 aliphatic rings. The van der Waals surface area contributed by atoms with Gasteiger partial charge in [-0.05, 0) is 44.6 Å². The molecule has 1 amide bonds. The largest absolute Gasteiger partial charge is 0.368 e. The summed E-state index contributed by atoms with van der Waals surface area (Å²) in [5.41, 5.74) is 1.20. The lowest BCUT2D eigenvalue weighted by molar-refractivity contribution is -0.142. The first-order chi connectivity index (χ1) is 12.6. The van der Waals surface area contributed by atoms with E-state index in [1.54, 1.807) is 22.2 Å². The van der Waals surface area contributed by atoms with Gasteiger partial charge in [0.2, 0.25) is 0 Å². The van der Waals surface area contributed by atoms with Crippen molar-refractivity contribution in [3.05, 3.63) is 27.1 Å². The molecule has 0 aliphatic carbocycles. The molecular formula is C19H25N3O3S. The van der Waals surface area contributed by atoms with Crippen molar-refractivity contribution >= 4 is 27.5 Å². The number of hydrogen-bond acceptors (Lipinski definition) is 5. The summed E-state index contributed by atoms with van der Waals surface area (Å²) in [4.78, 5) is 34.0. The maximum Gasteiger partial charge on any atom is 0.262 e. The molecule has 2 aromatic rings. The van der Waals surface area contributed by atoms with E-state index >= 15 is 0 Å². The summed E-state index contributed by atoms with van der Waals surface area (Å²) >= 11 is 1.60. The van der Waals surface area contributed by atoms with Crippen molar-refractivity contribution in [2.45, 2.75) is 58.1 Å². The van der Waals surface area contributed by atoms with Crippen LogP contribution in [0, 0.1) is 6.92 Å². The second-order valence-electron chi connectivity index (χ2n) is 7.19. The highest BCUT2D eigenvalue weighted by atomic mass is 32.1. The van der Waals surface area contributed by atoms with Gasteiger partial charge in [-0.3, -0.25) is 14.2 Å². The van der Waals surface area contributed by atoms with Crippen LogP contribution in [0.2, 0.25) is 0 Å². The van der Waals surface area contributed by atoms with Gasteiger partial charge in [-0.15, -0.1) is 11.3 Å². The fraction of sp³-hybridized carbons (Fsp3) is 0.632. The Hall–Kier alpha value is -1.73. The quantitative estimate of drug-likeness (QED) is 0.827. The number of likely N-dealkylation sites (tertiary alicyclic amines) is 1. The van der Waals surface area contributed by atoms with Crippen molar-refractivity contribution in [1.82, 2.24) is 14.5 Å². The smallest absolute Gasteiger partial charge is 0.262 e. The van der Waals surface area contributed by atoms with Gasteiger partial charge >= 0.3 is 0 Å². The summed E-state index contributed by atoms with van der Waals surface area (Å²) in [6, 6.07) is 0.109. The summed E-state index contributed by atoms with van der Waals surface area (Å²) in [5.74, 6) is 0.114. The molecule has 2 aliphatic heterocycles. The van der Waals surface area contributed by atoms with Gasteiger partial charge in [-0.2, -0.15) is 0 Å². The van der Waals surface area contributed by atoms with E-state index in [1.165, 1.54) is 4.88 Å². The van der Waals surface area contributed by atoms with E-state index in [4.69, 9.17) is 4.74 Å². The summed E-state index contributed by atoms with van der Waals surface area (Å²) < 4.78 is 7.31. The van der Waals surface area contributed by atoms with Crippen molar-refractivity contribution in [1.29, 1.82) is 0 Å². The molecule has 0 N–H and O–H groups in total. The van der Waals surface area contributed by atoms with Gasteiger partial charge in [0.15, 0.2) is 0 Å². The Labute approximate surface area is 156 Å². The first-order valence-corrected chi connectivity index (χ1v) is 10.3. The molecule has 0 spiro atoms. The molecule has 2 saturated heterocycles. The van der Waals surface area contributed by atoms with E-state index in [-0.39, 0.29) is 23.6 Å². The predicted octanol–water partition coefficient (Wildman–Crippen LogP) is 2.67. The van der Waals surface area contributed by atoms with Crippen LogP contribution in [0.1, 0.15) is 49.1 Å². The Morgan fingerprint density at radius 2 is 2.12 bits per heavy atom. The highest BCUT2D eigenvalue weighted by molar-refractivity contribution is 7.18. The third-order valence-electron chi connectivity index (χ3n) is 5.67. The molecule has 0 saturated carbocycles. The standard InChI is InChI=1S/C19H25N3O3S/c1-3-14-12(2)26-17-16(14)19(24)22(11-20-17)13-6-8-21(9-7-13)18(23)15-5-4-10-25-15/h11,13,15H,3-10H2,1-2H3. The zero-order chi connectivity index (χ0) is 18.3. The Kier molecular flexibility index (Phi) is 4.84. The minimum atomic E-state index is -0.256. The van der Waals surface area contributed by atoms with E-state index in [0.29, 0.717) is 19.7 Å². The summed E-state index contributed by atoms with van der Waals surface area (Å²) in [6.07, 6.45) is 5.66. The number of thiophene rings is 1. The monoisotopic (exact) mass is 375 g/mol. The first-order valence-electron chi connectivity index (χ1n) is 9.49. The fourth-order valence-corrected chi connectivity index (χ4v) is 5.27. The number of hydrogen-bond donors (Lipinski definition) is 0. The summed E-state index contributed by atoms with van der Waals surface area (Å²) in [7, 11) is 0. The van der Waals surface area contributed by atoms with Crippen LogP contribution in [-0.4, -0.2) is 46.2 Å². The zero-order valence-corrected chi connectivity index (χ0v) is 16.2. The number of aryl methyl sites for hydroxylation is 2. The molecule has 6 nitrogen and oxygen atoms in total. The second-order valence-corrected chi connectivity index (χ2v) is 8.39. The van der Waals surface area contributed by atoms with Crippen molar-refractivity contribution in [2.75, 3.05) is 19.7 Å². The molecule has 2 fully saturated rings. The van der Waals surface area contributed by atoms with Crippen molar-refractivity contribution in [3.8, 4) is 0 Å². The molecule has 140 valence electrons. The molecule has 0 bridgehead atoms. The van der Waals surface area contributed by atoms with Crippen LogP contribution in [0.3, 0.4) is 0 Å². The molecular weight excluding hydrogens is 350 g/mol. The predicted molar refractivity (Wildman–Crippen MR) is 102 cm³/mol. The summed E-state index contributed by atoms with van der Waals surface area (Å²) in [5, 5.41) is 0.787. The van der Waals surface area contributed by atoms with Gasteiger partial charge in [0.05, 0.1) is 11.7 Å². The van der Waals surface area contributed by atoms with Gasteiger partial charge in [0.25, 0.3) is 11.5 Å². The maximum atomic E-state index is 13.1. The fourth-order valence-electron chi connectivity index (χ4n) is 4.20. The number of ether oxygens (including phenoxy) is 1. The van der Waals surface area contributed by atoms with Gasteiger partial charge in [-0.1, -0.05) is 6.92 Å². The number of rotatable bonds is 3. The lowest BCUT2D eigenvalue weighted by Gasteiger charge is -2.34. The van der Waals surface area contributed by atoms with Crippen LogP contribution in [0.4, 0.5) is 0 Å². The minimum absolute atomic E-state index is 0.0695. The van der Waals surface area contributed by atoms with Crippen LogP contribution >= 0.6 is 11.3 Å². The SMILES string of the molecule is CCc1c(C)sc2ncn(C3CCN(C(=O)C4CCCO4)CC3)c(=O)c12. The number of fused-ring (bicyclic) bond motifs is 1. The van der Waals surface area contributed by atoms with Crippen LogP contribution in [0.25, 0.3) is 10.2 Å². The van der Waals surface area contributed by atoms with E-state index in [0.717, 1.165) is 47.9 Å². The molecule has 4 rings (SSSR count). The van der Waals surface area contributed by atoms with Crippen LogP contribution in [-0.2, 0) is 16.0 Å². The molecule has 26 heavy (non-hydrogen) atoms. The Bertz CT molecular complexity index is 874. The third-order valence-corrected chi connectivity index (χ3v) is 6.72. The number of aromatic nitrogens is 2. The molecule has 7 heteroatoms. The van der Waals surface area contributed by atoms with Crippen LogP contribution in [0.15, 0.2) is 11.1 Å². The van der Waals surface area contributed by atoms with Gasteiger partial charge in [-0.25, -0.2) is 4.98 Å². The average Bonchev–Trinajstić information content (AvgIpc) is 3.29. The van der Waals surface area contributed by atoms with Crippen molar-refractivity contribution in [3.63, 3.8) is 0 Å². The highest BCUT2D eigenvalue weighted by Crippen LogP contribution is 2.29. The van der Waals surface area contributed by atoms with Crippen LogP contribution in [0.5, 0.6) is 0 Å². The molecule has 0 radical (unpaired) electrons.